The van der Waals surface area contributed by atoms with Gasteiger partial charge >= 0.3 is 0 Å². The molecule has 1 aromatic carbocycles. The van der Waals surface area contributed by atoms with Crippen LogP contribution < -0.4 is 14.9 Å². The number of hydrogen-bond donors (Lipinski definition) is 3. The molecule has 0 radical (unpaired) electrons. The number of sulfonamides is 1. The predicted octanol–water partition coefficient (Wildman–Crippen LogP) is 2.95. The standard InChI is InChI=1S/C21H35N3O3S/c1-21(2,3)28(26,27)23-18-6-4-16(5-7-18)14-22-17-8-10-19(11-9-17)24-13-12-20(25)15-24/h8-11,16,18,20,22-23,25H,4-7,12-15H2,1-3H3/t16-,18-,20?. The largest absolute Gasteiger partial charge is 0.391 e. The molecule has 158 valence electrons. The highest BCUT2D eigenvalue weighted by molar-refractivity contribution is 7.90. The molecule has 1 saturated heterocycles. The summed E-state index contributed by atoms with van der Waals surface area (Å²) >= 11 is 0. The van der Waals surface area contributed by atoms with E-state index in [9.17, 15) is 13.5 Å². The van der Waals surface area contributed by atoms with Crippen LogP contribution in [0.1, 0.15) is 52.9 Å². The first-order valence-electron chi connectivity index (χ1n) is 10.4. The van der Waals surface area contributed by atoms with Gasteiger partial charge < -0.3 is 15.3 Å². The lowest BCUT2D eigenvalue weighted by atomic mass is 9.86. The monoisotopic (exact) mass is 409 g/mol. The molecule has 1 saturated carbocycles. The van der Waals surface area contributed by atoms with Crippen LogP contribution in [0.5, 0.6) is 0 Å². The Labute approximate surface area is 169 Å². The Hall–Kier alpha value is -1.31. The van der Waals surface area contributed by atoms with Crippen LogP contribution in [0.2, 0.25) is 0 Å². The predicted molar refractivity (Wildman–Crippen MR) is 115 cm³/mol. The minimum Gasteiger partial charge on any atom is -0.391 e. The fraction of sp³-hybridized carbons (Fsp3) is 0.714. The maximum Gasteiger partial charge on any atom is 0.216 e. The van der Waals surface area contributed by atoms with Gasteiger partial charge in [0.1, 0.15) is 0 Å². The first-order valence-corrected chi connectivity index (χ1v) is 11.9. The van der Waals surface area contributed by atoms with Gasteiger partial charge in [-0.1, -0.05) is 0 Å². The van der Waals surface area contributed by atoms with E-state index in [-0.39, 0.29) is 12.1 Å². The molecule has 0 spiro atoms. The van der Waals surface area contributed by atoms with Gasteiger partial charge in [-0.25, -0.2) is 13.1 Å². The van der Waals surface area contributed by atoms with Crippen molar-refractivity contribution in [2.45, 2.75) is 69.8 Å². The van der Waals surface area contributed by atoms with Gasteiger partial charge in [0, 0.05) is 37.1 Å². The third-order valence-corrected chi connectivity index (χ3v) is 8.22. The molecule has 0 aromatic heterocycles. The van der Waals surface area contributed by atoms with Crippen LogP contribution in [0, 0.1) is 5.92 Å². The van der Waals surface area contributed by atoms with E-state index in [1.54, 1.807) is 20.8 Å². The highest BCUT2D eigenvalue weighted by atomic mass is 32.2. The lowest BCUT2D eigenvalue weighted by molar-refractivity contribution is 0.198. The molecule has 2 fully saturated rings. The molecule has 6 nitrogen and oxygen atoms in total. The second kappa shape index (κ2) is 8.59. The summed E-state index contributed by atoms with van der Waals surface area (Å²) in [6.45, 7) is 7.76. The van der Waals surface area contributed by atoms with Gasteiger partial charge in [-0.05, 0) is 83.1 Å². The summed E-state index contributed by atoms with van der Waals surface area (Å²) in [5.41, 5.74) is 2.27. The minimum atomic E-state index is -3.27. The van der Waals surface area contributed by atoms with Crippen LogP contribution in [0.3, 0.4) is 0 Å². The molecular formula is C21H35N3O3S. The molecular weight excluding hydrogens is 374 g/mol. The zero-order valence-corrected chi connectivity index (χ0v) is 18.1. The number of aliphatic hydroxyl groups excluding tert-OH is 1. The van der Waals surface area contributed by atoms with E-state index in [4.69, 9.17) is 0 Å². The number of rotatable bonds is 6. The van der Waals surface area contributed by atoms with Crippen LogP contribution in [-0.2, 0) is 10.0 Å². The average Bonchev–Trinajstić information content (AvgIpc) is 3.07. The molecule has 3 N–H and O–H groups in total. The molecule has 1 unspecified atom stereocenters. The Morgan fingerprint density at radius 3 is 2.25 bits per heavy atom. The van der Waals surface area contributed by atoms with Crippen molar-refractivity contribution < 1.29 is 13.5 Å². The number of benzene rings is 1. The lowest BCUT2D eigenvalue weighted by Gasteiger charge is -2.31. The van der Waals surface area contributed by atoms with Gasteiger partial charge in [-0.3, -0.25) is 0 Å². The number of nitrogens with one attached hydrogen (secondary N) is 2. The van der Waals surface area contributed by atoms with Gasteiger partial charge in [0.2, 0.25) is 10.0 Å². The van der Waals surface area contributed by atoms with Crippen molar-refractivity contribution in [2.24, 2.45) is 5.92 Å². The van der Waals surface area contributed by atoms with E-state index in [0.29, 0.717) is 5.92 Å². The van der Waals surface area contributed by atoms with Gasteiger partial charge in [0.25, 0.3) is 0 Å². The van der Waals surface area contributed by atoms with Crippen molar-refractivity contribution in [3.63, 3.8) is 0 Å². The fourth-order valence-corrected chi connectivity index (χ4v) is 4.94. The maximum absolute atomic E-state index is 12.3. The summed E-state index contributed by atoms with van der Waals surface area (Å²) in [5, 5.41) is 13.2. The SMILES string of the molecule is CC(C)(C)S(=O)(=O)N[C@H]1CC[C@H](CNc2ccc(N3CCC(O)C3)cc2)CC1. The molecule has 2 aliphatic rings. The van der Waals surface area contributed by atoms with Crippen molar-refractivity contribution in [3.8, 4) is 0 Å². The topological polar surface area (TPSA) is 81.7 Å². The van der Waals surface area contributed by atoms with E-state index in [1.165, 1.54) is 0 Å². The molecule has 0 amide bonds. The highest BCUT2D eigenvalue weighted by Crippen LogP contribution is 2.27. The van der Waals surface area contributed by atoms with Crippen LogP contribution in [0.15, 0.2) is 24.3 Å². The van der Waals surface area contributed by atoms with Gasteiger partial charge in [-0.15, -0.1) is 0 Å². The zero-order valence-electron chi connectivity index (χ0n) is 17.3. The van der Waals surface area contributed by atoms with Crippen LogP contribution in [0.4, 0.5) is 11.4 Å². The first-order chi connectivity index (χ1) is 13.1. The van der Waals surface area contributed by atoms with E-state index in [0.717, 1.165) is 63.1 Å². The van der Waals surface area contributed by atoms with E-state index < -0.39 is 14.8 Å². The van der Waals surface area contributed by atoms with Crippen molar-refractivity contribution in [1.29, 1.82) is 0 Å². The Bertz CT molecular complexity index is 735. The smallest absolute Gasteiger partial charge is 0.216 e. The second-order valence-electron chi connectivity index (χ2n) is 9.27. The summed E-state index contributed by atoms with van der Waals surface area (Å²) in [5.74, 6) is 0.573. The Morgan fingerprint density at radius 2 is 1.71 bits per heavy atom. The van der Waals surface area contributed by atoms with E-state index in [2.05, 4.69) is 39.2 Å². The molecule has 28 heavy (non-hydrogen) atoms. The number of anilines is 2. The summed E-state index contributed by atoms with van der Waals surface area (Å²) in [7, 11) is -3.27. The molecule has 1 aliphatic carbocycles. The number of hydrogen-bond acceptors (Lipinski definition) is 5. The molecule has 1 aromatic rings. The normalized spacial score (nSPS) is 26.4. The Balaban J connectivity index is 1.42. The van der Waals surface area contributed by atoms with Crippen molar-refractivity contribution in [3.05, 3.63) is 24.3 Å². The highest BCUT2D eigenvalue weighted by Gasteiger charge is 2.32. The number of β-amino-alcohol motifs (C(OH)–C–C–N with tert-alkyl or cyclic N) is 1. The summed E-state index contributed by atoms with van der Waals surface area (Å²) in [6, 6.07) is 8.49. The zero-order chi connectivity index (χ0) is 20.4. The summed E-state index contributed by atoms with van der Waals surface area (Å²) in [4.78, 5) is 2.22. The van der Waals surface area contributed by atoms with Crippen LogP contribution in [-0.4, -0.2) is 50.1 Å². The molecule has 1 atom stereocenters. The van der Waals surface area contributed by atoms with Gasteiger partial charge in [0.05, 0.1) is 10.9 Å². The van der Waals surface area contributed by atoms with Crippen LogP contribution in [0.25, 0.3) is 0 Å². The summed E-state index contributed by atoms with van der Waals surface area (Å²) < 4.78 is 26.8. The lowest BCUT2D eigenvalue weighted by Crippen LogP contribution is -2.46. The Kier molecular flexibility index (Phi) is 6.57. The Morgan fingerprint density at radius 1 is 1.07 bits per heavy atom. The van der Waals surface area contributed by atoms with Crippen LogP contribution >= 0.6 is 0 Å². The third-order valence-electron chi connectivity index (χ3n) is 5.97. The average molecular weight is 410 g/mol. The van der Waals surface area contributed by atoms with E-state index in [1.807, 2.05) is 0 Å². The second-order valence-corrected chi connectivity index (χ2v) is 11.7. The molecule has 3 rings (SSSR count). The van der Waals surface area contributed by atoms with E-state index >= 15 is 0 Å². The molecule has 1 aliphatic heterocycles. The van der Waals surface area contributed by atoms with Gasteiger partial charge in [-0.2, -0.15) is 0 Å². The van der Waals surface area contributed by atoms with Crippen molar-refractivity contribution >= 4 is 21.4 Å². The summed E-state index contributed by atoms with van der Waals surface area (Å²) in [6.07, 6.45) is 4.51. The number of nitrogens with zero attached hydrogens (tertiary/aromatic N) is 1. The molecule has 7 heteroatoms. The maximum atomic E-state index is 12.3. The third kappa shape index (κ3) is 5.39. The fourth-order valence-electron chi connectivity index (χ4n) is 3.91. The van der Waals surface area contributed by atoms with Gasteiger partial charge in [0.15, 0.2) is 0 Å². The molecule has 1 heterocycles. The minimum absolute atomic E-state index is 0.0653. The molecule has 0 bridgehead atoms. The quantitative estimate of drug-likeness (QED) is 0.673. The number of aliphatic hydroxyl groups is 1. The van der Waals surface area contributed by atoms with Crippen molar-refractivity contribution in [2.75, 3.05) is 29.9 Å². The first kappa shape index (κ1) is 21.4. The van der Waals surface area contributed by atoms with Crippen molar-refractivity contribution in [1.82, 2.24) is 4.72 Å².